The minimum absolute atomic E-state index is 0.0300. The molecule has 0 bridgehead atoms. The number of hydrogen-bond donors (Lipinski definition) is 0. The van der Waals surface area contributed by atoms with Gasteiger partial charge in [0, 0.05) is 18.8 Å². The molecule has 0 amide bonds. The van der Waals surface area contributed by atoms with Crippen molar-refractivity contribution in [3.8, 4) is 0 Å². The van der Waals surface area contributed by atoms with Crippen molar-refractivity contribution in [1.82, 2.24) is 14.8 Å². The lowest BCUT2D eigenvalue weighted by Gasteiger charge is -2.32. The van der Waals surface area contributed by atoms with Gasteiger partial charge in [0.1, 0.15) is 6.04 Å². The fourth-order valence-corrected chi connectivity index (χ4v) is 3.66. The van der Waals surface area contributed by atoms with E-state index >= 15 is 0 Å². The van der Waals surface area contributed by atoms with Gasteiger partial charge < -0.3 is 0 Å². The van der Waals surface area contributed by atoms with Crippen LogP contribution in [0.1, 0.15) is 48.2 Å². The molecule has 1 saturated carbocycles. The fourth-order valence-electron chi connectivity index (χ4n) is 3.15. The average molecular weight is 339 g/mol. The molecule has 2 heterocycles. The third-order valence-corrected chi connectivity index (χ3v) is 4.95. The van der Waals surface area contributed by atoms with Crippen LogP contribution in [0.2, 0.25) is 0 Å². The Balaban J connectivity index is 1.75. The lowest BCUT2D eigenvalue weighted by Crippen LogP contribution is -2.34. The van der Waals surface area contributed by atoms with Crippen LogP contribution in [0.4, 0.5) is 13.2 Å². The van der Waals surface area contributed by atoms with Crippen LogP contribution in [0.5, 0.6) is 0 Å². The zero-order valence-electron chi connectivity index (χ0n) is 11.8. The minimum atomic E-state index is -2.68. The number of aromatic nitrogens is 3. The molecule has 0 radical (unpaired) electrons. The third-order valence-electron chi connectivity index (χ3n) is 4.33. The normalized spacial score (nSPS) is 26.0. The van der Waals surface area contributed by atoms with Crippen LogP contribution in [0.3, 0.4) is 0 Å². The molecule has 0 spiro atoms. The Labute approximate surface area is 133 Å². The van der Waals surface area contributed by atoms with Gasteiger partial charge in [-0.3, -0.25) is 0 Å². The summed E-state index contributed by atoms with van der Waals surface area (Å²) >= 11 is 0.109. The summed E-state index contributed by atoms with van der Waals surface area (Å²) in [6.07, 6.45) is -2.25. The van der Waals surface area contributed by atoms with Gasteiger partial charge in [-0.05, 0) is 5.56 Å². The first-order chi connectivity index (χ1) is 11.0. The molecule has 2 atom stereocenters. The molecule has 0 N–H and O–H groups in total. The maximum absolute atomic E-state index is 14.5. The molecule has 1 fully saturated rings. The molecule has 23 heavy (non-hydrogen) atoms. The van der Waals surface area contributed by atoms with E-state index in [0.29, 0.717) is 0 Å². The van der Waals surface area contributed by atoms with Crippen LogP contribution >= 0.6 is 0 Å². The van der Waals surface area contributed by atoms with E-state index < -0.39 is 24.1 Å². The summed E-state index contributed by atoms with van der Waals surface area (Å²) in [6, 6.07) is 8.31. The quantitative estimate of drug-likeness (QED) is 0.791. The molecule has 1 aliphatic carbocycles. The minimum Gasteiger partial charge on any atom is -0.234 e. The van der Waals surface area contributed by atoms with Gasteiger partial charge in [0.15, 0.2) is 17.8 Å². The molecule has 0 saturated heterocycles. The maximum Gasteiger partial charge on any atom is 0.249 e. The highest BCUT2D eigenvalue weighted by Crippen LogP contribution is 2.48. The van der Waals surface area contributed by atoms with Crippen molar-refractivity contribution < 1.29 is 17.4 Å². The number of halogens is 3. The Morgan fingerprint density at radius 2 is 1.91 bits per heavy atom. The second-order valence-corrected chi connectivity index (χ2v) is 6.53. The molecule has 0 unspecified atom stereocenters. The molecule has 1 aromatic heterocycles. The van der Waals surface area contributed by atoms with Gasteiger partial charge in [0.05, 0.1) is 16.1 Å². The highest BCUT2D eigenvalue weighted by Gasteiger charge is 2.49. The smallest absolute Gasteiger partial charge is 0.234 e. The summed E-state index contributed by atoms with van der Waals surface area (Å²) in [4.78, 5) is 4.18. The third kappa shape index (κ3) is 2.23. The summed E-state index contributed by atoms with van der Waals surface area (Å²) in [5.41, 5.74) is 0.725. The van der Waals surface area contributed by atoms with Crippen LogP contribution in [-0.4, -0.2) is 29.8 Å². The van der Waals surface area contributed by atoms with Crippen LogP contribution in [0.15, 0.2) is 30.3 Å². The van der Waals surface area contributed by atoms with E-state index in [1.54, 1.807) is 24.3 Å². The predicted molar refractivity (Wildman–Crippen MR) is 78.5 cm³/mol. The van der Waals surface area contributed by atoms with E-state index in [1.165, 1.54) is 4.68 Å². The van der Waals surface area contributed by atoms with Crippen molar-refractivity contribution in [2.45, 2.75) is 36.9 Å². The number of fused-ring (bicyclic) bond motifs is 1. The lowest BCUT2D eigenvalue weighted by atomic mass is 9.81. The molecule has 1 aliphatic heterocycles. The first kappa shape index (κ1) is 14.6. The van der Waals surface area contributed by atoms with E-state index in [1.807, 2.05) is 6.07 Å². The molecular formula is C15H12F3N3OS. The van der Waals surface area contributed by atoms with Crippen LogP contribution in [-0.2, 0) is 11.3 Å². The molecule has 4 rings (SSSR count). The Hall–Kier alpha value is -1.96. The Morgan fingerprint density at radius 3 is 2.52 bits per heavy atom. The first-order valence-electron chi connectivity index (χ1n) is 7.20. The van der Waals surface area contributed by atoms with Crippen molar-refractivity contribution in [1.29, 1.82) is 0 Å². The van der Waals surface area contributed by atoms with E-state index in [-0.39, 0.29) is 40.6 Å². The molecule has 120 valence electrons. The Bertz CT molecular complexity index is 809. The fraction of sp³-hybridized carbons (Fsp3) is 0.400. The van der Waals surface area contributed by atoms with E-state index in [2.05, 4.69) is 10.1 Å². The standard InChI is InChI=1S/C15H12F3N3OS/c16-10-12(23-22)11(8-4-2-1-3-5-8)21-14(10)19-13(20-21)9-6-15(17,18)7-9/h1-5,9-11H,6-7H2/t10-,11+/m1/s1. The maximum atomic E-state index is 14.5. The highest BCUT2D eigenvalue weighted by atomic mass is 32.1. The van der Waals surface area contributed by atoms with Crippen LogP contribution in [0.25, 0.3) is 0 Å². The largest absolute Gasteiger partial charge is 0.249 e. The van der Waals surface area contributed by atoms with E-state index in [0.717, 1.165) is 5.56 Å². The SMILES string of the molecule is O=S=C1[C@@H](F)c2nc(C3CC(F)(F)C3)nn2[C@H]1c1ccccc1. The number of alkyl halides is 3. The number of rotatable bonds is 2. The average Bonchev–Trinajstić information content (AvgIpc) is 3.04. The molecule has 8 heteroatoms. The van der Waals surface area contributed by atoms with Crippen molar-refractivity contribution >= 4 is 16.1 Å². The summed E-state index contributed by atoms with van der Waals surface area (Å²) < 4.78 is 53.3. The highest BCUT2D eigenvalue weighted by molar-refractivity contribution is 7.66. The predicted octanol–water partition coefficient (Wildman–Crippen LogP) is 2.79. The second-order valence-electron chi connectivity index (χ2n) is 5.90. The lowest BCUT2D eigenvalue weighted by molar-refractivity contribution is -0.0885. The number of hydrogen-bond acceptors (Lipinski definition) is 3. The van der Waals surface area contributed by atoms with Crippen molar-refractivity contribution in [2.75, 3.05) is 0 Å². The Morgan fingerprint density at radius 1 is 1.22 bits per heavy atom. The van der Waals surface area contributed by atoms with Gasteiger partial charge in [0.2, 0.25) is 5.92 Å². The molecule has 1 aromatic carbocycles. The zero-order chi connectivity index (χ0) is 16.2. The summed E-state index contributed by atoms with van der Waals surface area (Å²) in [5.74, 6) is -2.86. The monoisotopic (exact) mass is 339 g/mol. The van der Waals surface area contributed by atoms with Gasteiger partial charge in [-0.15, -0.1) is 0 Å². The van der Waals surface area contributed by atoms with Gasteiger partial charge in [-0.25, -0.2) is 27.0 Å². The molecule has 2 aliphatic rings. The summed E-state index contributed by atoms with van der Waals surface area (Å²) in [7, 11) is 0. The first-order valence-corrected chi connectivity index (χ1v) is 7.94. The second kappa shape index (κ2) is 5.02. The van der Waals surface area contributed by atoms with Crippen molar-refractivity contribution in [3.05, 3.63) is 47.5 Å². The van der Waals surface area contributed by atoms with Gasteiger partial charge >= 0.3 is 0 Å². The number of benzene rings is 1. The molecular weight excluding hydrogens is 327 g/mol. The summed E-state index contributed by atoms with van der Waals surface area (Å²) in [5, 5.41) is 4.24. The Kier molecular flexibility index (Phi) is 3.19. The topological polar surface area (TPSA) is 47.8 Å². The van der Waals surface area contributed by atoms with Gasteiger partial charge in [-0.2, -0.15) is 5.10 Å². The molecule has 2 aromatic rings. The summed E-state index contributed by atoms with van der Waals surface area (Å²) in [6.45, 7) is 0. The van der Waals surface area contributed by atoms with Gasteiger partial charge in [0.25, 0.3) is 0 Å². The van der Waals surface area contributed by atoms with Gasteiger partial charge in [-0.1, -0.05) is 30.3 Å². The van der Waals surface area contributed by atoms with Crippen molar-refractivity contribution in [3.63, 3.8) is 0 Å². The molecule has 4 nitrogen and oxygen atoms in total. The van der Waals surface area contributed by atoms with E-state index in [9.17, 15) is 17.4 Å². The van der Waals surface area contributed by atoms with Crippen LogP contribution in [0, 0.1) is 0 Å². The number of nitrogens with zero attached hydrogens (tertiary/aromatic N) is 3. The van der Waals surface area contributed by atoms with Crippen LogP contribution < -0.4 is 0 Å². The van der Waals surface area contributed by atoms with E-state index in [4.69, 9.17) is 0 Å². The van der Waals surface area contributed by atoms with Crippen molar-refractivity contribution in [2.24, 2.45) is 0 Å². The zero-order valence-corrected chi connectivity index (χ0v) is 12.6.